The van der Waals surface area contributed by atoms with Crippen molar-refractivity contribution in [3.8, 4) is 0 Å². The molecule has 0 radical (unpaired) electrons. The zero-order valence-electron chi connectivity index (χ0n) is 9.73. The smallest absolute Gasteiger partial charge is 0.234 e. The molecular formula is C12H16N2O2S. The van der Waals surface area contributed by atoms with Crippen LogP contribution < -0.4 is 11.1 Å². The second-order valence-corrected chi connectivity index (χ2v) is 5.38. The van der Waals surface area contributed by atoms with E-state index < -0.39 is 0 Å². The van der Waals surface area contributed by atoms with E-state index in [0.29, 0.717) is 16.7 Å². The normalized spacial score (nSPS) is 15.4. The lowest BCUT2D eigenvalue weighted by atomic mass is 10.2. The first kappa shape index (κ1) is 12.3. The third kappa shape index (κ3) is 3.38. The van der Waals surface area contributed by atoms with Gasteiger partial charge < -0.3 is 15.8 Å². The third-order valence-electron chi connectivity index (χ3n) is 2.58. The molecule has 1 heterocycles. The minimum absolute atomic E-state index is 0.0229. The number of nitrogens with one attached hydrogen (secondary N) is 1. The van der Waals surface area contributed by atoms with E-state index in [0.717, 1.165) is 24.5 Å². The van der Waals surface area contributed by atoms with Gasteiger partial charge in [0.1, 0.15) is 0 Å². The van der Waals surface area contributed by atoms with Crippen LogP contribution in [0.2, 0.25) is 0 Å². The van der Waals surface area contributed by atoms with Crippen LogP contribution in [0.5, 0.6) is 0 Å². The van der Waals surface area contributed by atoms with E-state index in [9.17, 15) is 4.79 Å². The Bertz CT molecular complexity index is 419. The standard InChI is InChI=1S/C12H16N2O2S/c1-8-4-9(13)2-3-11(8)14-12(15)7-17-10-5-16-6-10/h2-4,10H,5-7,13H2,1H3,(H,14,15). The number of hydrogen-bond donors (Lipinski definition) is 2. The van der Waals surface area contributed by atoms with Crippen molar-refractivity contribution in [2.45, 2.75) is 12.2 Å². The molecule has 0 bridgehead atoms. The summed E-state index contributed by atoms with van der Waals surface area (Å²) in [6.07, 6.45) is 0. The third-order valence-corrected chi connectivity index (χ3v) is 3.75. The molecule has 4 nitrogen and oxygen atoms in total. The zero-order chi connectivity index (χ0) is 12.3. The molecule has 1 aliphatic rings. The molecule has 1 amide bonds. The number of anilines is 2. The maximum Gasteiger partial charge on any atom is 0.234 e. The van der Waals surface area contributed by atoms with E-state index >= 15 is 0 Å². The van der Waals surface area contributed by atoms with Gasteiger partial charge in [-0.1, -0.05) is 0 Å². The zero-order valence-corrected chi connectivity index (χ0v) is 10.5. The fourth-order valence-corrected chi connectivity index (χ4v) is 2.36. The second-order valence-electron chi connectivity index (χ2n) is 4.09. The van der Waals surface area contributed by atoms with Gasteiger partial charge in [0.05, 0.1) is 24.2 Å². The Morgan fingerprint density at radius 2 is 2.35 bits per heavy atom. The maximum absolute atomic E-state index is 11.7. The highest BCUT2D eigenvalue weighted by Crippen LogP contribution is 2.21. The Morgan fingerprint density at radius 3 is 2.94 bits per heavy atom. The molecule has 0 saturated carbocycles. The van der Waals surface area contributed by atoms with Crippen molar-refractivity contribution in [3.63, 3.8) is 0 Å². The lowest BCUT2D eigenvalue weighted by Gasteiger charge is -2.24. The number of rotatable bonds is 4. The van der Waals surface area contributed by atoms with Crippen LogP contribution >= 0.6 is 11.8 Å². The highest BCUT2D eigenvalue weighted by atomic mass is 32.2. The van der Waals surface area contributed by atoms with Crippen LogP contribution in [0.4, 0.5) is 11.4 Å². The van der Waals surface area contributed by atoms with Gasteiger partial charge in [0.15, 0.2) is 0 Å². The van der Waals surface area contributed by atoms with Crippen molar-refractivity contribution in [1.82, 2.24) is 0 Å². The van der Waals surface area contributed by atoms with Gasteiger partial charge in [0, 0.05) is 11.4 Å². The van der Waals surface area contributed by atoms with E-state index in [1.165, 1.54) is 0 Å². The summed E-state index contributed by atoms with van der Waals surface area (Å²) in [4.78, 5) is 11.7. The molecule has 17 heavy (non-hydrogen) atoms. The summed E-state index contributed by atoms with van der Waals surface area (Å²) in [6.45, 7) is 3.45. The molecule has 1 aromatic carbocycles. The number of ether oxygens (including phenoxy) is 1. The number of nitrogens with two attached hydrogens (primary N) is 1. The van der Waals surface area contributed by atoms with E-state index in [-0.39, 0.29) is 5.91 Å². The van der Waals surface area contributed by atoms with Crippen molar-refractivity contribution in [2.24, 2.45) is 0 Å². The first-order valence-corrected chi connectivity index (χ1v) is 6.55. The van der Waals surface area contributed by atoms with Crippen molar-refractivity contribution in [2.75, 3.05) is 30.0 Å². The van der Waals surface area contributed by atoms with Crippen LogP contribution in [0.3, 0.4) is 0 Å². The van der Waals surface area contributed by atoms with Crippen LogP contribution in [0, 0.1) is 6.92 Å². The summed E-state index contributed by atoms with van der Waals surface area (Å²) in [5, 5.41) is 3.36. The van der Waals surface area contributed by atoms with Gasteiger partial charge >= 0.3 is 0 Å². The minimum Gasteiger partial charge on any atom is -0.399 e. The molecule has 0 aliphatic carbocycles. The molecule has 0 aromatic heterocycles. The largest absolute Gasteiger partial charge is 0.399 e. The molecule has 1 saturated heterocycles. The monoisotopic (exact) mass is 252 g/mol. The number of aryl methyl sites for hydroxylation is 1. The molecule has 2 rings (SSSR count). The first-order chi connectivity index (χ1) is 8.15. The number of thioether (sulfide) groups is 1. The highest BCUT2D eigenvalue weighted by molar-refractivity contribution is 8.00. The summed E-state index contributed by atoms with van der Waals surface area (Å²) in [7, 11) is 0. The minimum atomic E-state index is 0.0229. The molecule has 3 N–H and O–H groups in total. The SMILES string of the molecule is Cc1cc(N)ccc1NC(=O)CSC1COC1. The van der Waals surface area contributed by atoms with Crippen molar-refractivity contribution >= 4 is 29.0 Å². The van der Waals surface area contributed by atoms with Gasteiger partial charge in [-0.2, -0.15) is 0 Å². The number of carbonyl (C=O) groups is 1. The predicted octanol–water partition coefficient (Wildman–Crippen LogP) is 1.65. The van der Waals surface area contributed by atoms with Crippen LogP contribution in [0.1, 0.15) is 5.56 Å². The van der Waals surface area contributed by atoms with E-state index in [1.54, 1.807) is 17.8 Å². The van der Waals surface area contributed by atoms with Gasteiger partial charge in [-0.15, -0.1) is 11.8 Å². The topological polar surface area (TPSA) is 64.3 Å². The van der Waals surface area contributed by atoms with Crippen LogP contribution in [-0.4, -0.2) is 30.1 Å². The van der Waals surface area contributed by atoms with Gasteiger partial charge in [-0.3, -0.25) is 4.79 Å². The van der Waals surface area contributed by atoms with Gasteiger partial charge in [0.25, 0.3) is 0 Å². The number of nitrogen functional groups attached to an aromatic ring is 1. The van der Waals surface area contributed by atoms with E-state index in [4.69, 9.17) is 10.5 Å². The van der Waals surface area contributed by atoms with Crippen LogP contribution in [-0.2, 0) is 9.53 Å². The predicted molar refractivity (Wildman–Crippen MR) is 71.3 cm³/mol. The number of carbonyl (C=O) groups excluding carboxylic acids is 1. The first-order valence-electron chi connectivity index (χ1n) is 5.50. The van der Waals surface area contributed by atoms with Crippen molar-refractivity contribution in [1.29, 1.82) is 0 Å². The van der Waals surface area contributed by atoms with Crippen LogP contribution in [0.25, 0.3) is 0 Å². The van der Waals surface area contributed by atoms with Gasteiger partial charge in [0.2, 0.25) is 5.91 Å². The summed E-state index contributed by atoms with van der Waals surface area (Å²) >= 11 is 1.64. The Hall–Kier alpha value is -1.20. The van der Waals surface area contributed by atoms with E-state index in [2.05, 4.69) is 5.32 Å². The second kappa shape index (κ2) is 5.42. The quantitative estimate of drug-likeness (QED) is 0.800. The average molecular weight is 252 g/mol. The molecular weight excluding hydrogens is 236 g/mol. The molecule has 1 aromatic rings. The molecule has 1 fully saturated rings. The Kier molecular flexibility index (Phi) is 3.91. The average Bonchev–Trinajstić information content (AvgIpc) is 2.20. The summed E-state index contributed by atoms with van der Waals surface area (Å²) < 4.78 is 5.05. The fourth-order valence-electron chi connectivity index (χ4n) is 1.52. The van der Waals surface area contributed by atoms with Gasteiger partial charge in [-0.05, 0) is 30.7 Å². The van der Waals surface area contributed by atoms with E-state index in [1.807, 2.05) is 19.1 Å². The highest BCUT2D eigenvalue weighted by Gasteiger charge is 2.19. The number of amides is 1. The number of benzene rings is 1. The lowest BCUT2D eigenvalue weighted by Crippen LogP contribution is -2.32. The maximum atomic E-state index is 11.7. The molecule has 1 aliphatic heterocycles. The van der Waals surface area contributed by atoms with Crippen molar-refractivity contribution < 1.29 is 9.53 Å². The molecule has 92 valence electrons. The molecule has 0 atom stereocenters. The van der Waals surface area contributed by atoms with Crippen LogP contribution in [0.15, 0.2) is 18.2 Å². The van der Waals surface area contributed by atoms with Gasteiger partial charge in [-0.25, -0.2) is 0 Å². The Morgan fingerprint density at radius 1 is 1.59 bits per heavy atom. The lowest BCUT2D eigenvalue weighted by molar-refractivity contribution is -0.113. The Labute approximate surface area is 105 Å². The molecule has 5 heteroatoms. The fraction of sp³-hybridized carbons (Fsp3) is 0.417. The summed E-state index contributed by atoms with van der Waals surface area (Å²) in [5.74, 6) is 0.493. The summed E-state index contributed by atoms with van der Waals surface area (Å²) in [6, 6.07) is 5.47. The molecule has 0 spiro atoms. The number of hydrogen-bond acceptors (Lipinski definition) is 4. The summed E-state index contributed by atoms with van der Waals surface area (Å²) in [5.41, 5.74) is 8.17. The Balaban J connectivity index is 1.84. The molecule has 0 unspecified atom stereocenters. The van der Waals surface area contributed by atoms with Crippen molar-refractivity contribution in [3.05, 3.63) is 23.8 Å².